The number of carbonyl (C=O) groups is 1. The Bertz CT molecular complexity index is 264. The molecular formula is C12H20BrNO. The number of rotatable bonds is 3. The molecule has 2 aliphatic rings. The van der Waals surface area contributed by atoms with Gasteiger partial charge in [-0.15, -0.1) is 0 Å². The molecule has 1 N–H and O–H groups in total. The van der Waals surface area contributed by atoms with E-state index in [4.69, 9.17) is 0 Å². The number of carbonyl (C=O) groups excluding carboxylic acids is 1. The van der Waals surface area contributed by atoms with Crippen molar-refractivity contribution in [3.05, 3.63) is 0 Å². The average Bonchev–Trinajstić information content (AvgIpc) is 2.60. The Labute approximate surface area is 100 Å². The zero-order valence-corrected chi connectivity index (χ0v) is 11.1. The van der Waals surface area contributed by atoms with Crippen LogP contribution >= 0.6 is 15.9 Å². The maximum atomic E-state index is 11.9. The summed E-state index contributed by atoms with van der Waals surface area (Å²) in [7, 11) is 0. The van der Waals surface area contributed by atoms with Gasteiger partial charge >= 0.3 is 0 Å². The normalized spacial score (nSPS) is 37.7. The van der Waals surface area contributed by atoms with Crippen molar-refractivity contribution < 1.29 is 4.79 Å². The van der Waals surface area contributed by atoms with Crippen LogP contribution < -0.4 is 5.32 Å². The molecule has 0 bridgehead atoms. The number of halogens is 1. The standard InChI is InChI=1S/C12H20BrNO/c1-12(2)6-9(12)11(15)14-10-5-3-4-8(10)7-13/h8-10H,3-7H2,1-2H3,(H,14,15). The second-order valence-corrected chi connectivity index (χ2v) is 6.35. The highest BCUT2D eigenvalue weighted by atomic mass is 79.9. The van der Waals surface area contributed by atoms with Crippen LogP contribution in [-0.2, 0) is 4.79 Å². The summed E-state index contributed by atoms with van der Waals surface area (Å²) in [6, 6.07) is 0.424. The van der Waals surface area contributed by atoms with E-state index in [1.807, 2.05) is 0 Å². The van der Waals surface area contributed by atoms with Gasteiger partial charge in [0.05, 0.1) is 0 Å². The molecule has 0 saturated heterocycles. The third kappa shape index (κ3) is 2.38. The Morgan fingerprint density at radius 3 is 2.67 bits per heavy atom. The van der Waals surface area contributed by atoms with Gasteiger partial charge in [0.15, 0.2) is 0 Å². The first kappa shape index (κ1) is 11.4. The summed E-state index contributed by atoms with van der Waals surface area (Å²) >= 11 is 3.53. The summed E-state index contributed by atoms with van der Waals surface area (Å²) in [6.45, 7) is 4.35. The molecule has 3 heteroatoms. The third-order valence-electron chi connectivity index (χ3n) is 4.01. The summed E-state index contributed by atoms with van der Waals surface area (Å²) in [5.74, 6) is 1.21. The second kappa shape index (κ2) is 4.08. The zero-order chi connectivity index (χ0) is 11.1. The van der Waals surface area contributed by atoms with E-state index in [1.54, 1.807) is 0 Å². The molecule has 3 atom stereocenters. The fourth-order valence-electron chi connectivity index (χ4n) is 2.61. The molecule has 86 valence electrons. The van der Waals surface area contributed by atoms with E-state index < -0.39 is 0 Å². The average molecular weight is 274 g/mol. The molecule has 2 nitrogen and oxygen atoms in total. The highest BCUT2D eigenvalue weighted by molar-refractivity contribution is 9.09. The van der Waals surface area contributed by atoms with Crippen LogP contribution in [0, 0.1) is 17.3 Å². The Balaban J connectivity index is 1.84. The predicted octanol–water partition coefficient (Wildman–Crippen LogP) is 2.71. The molecule has 0 aromatic heterocycles. The SMILES string of the molecule is CC1(C)CC1C(=O)NC1CCCC1CBr. The summed E-state index contributed by atoms with van der Waals surface area (Å²) in [5.41, 5.74) is 0.257. The summed E-state index contributed by atoms with van der Waals surface area (Å²) in [6.07, 6.45) is 4.74. The minimum Gasteiger partial charge on any atom is -0.353 e. The molecule has 2 aliphatic carbocycles. The quantitative estimate of drug-likeness (QED) is 0.788. The number of alkyl halides is 1. The van der Waals surface area contributed by atoms with E-state index in [0.717, 1.165) is 18.2 Å². The van der Waals surface area contributed by atoms with Gasteiger partial charge in [-0.3, -0.25) is 4.79 Å². The van der Waals surface area contributed by atoms with Gasteiger partial charge in [0, 0.05) is 17.3 Å². The zero-order valence-electron chi connectivity index (χ0n) is 9.55. The van der Waals surface area contributed by atoms with Crippen LogP contribution in [0.5, 0.6) is 0 Å². The van der Waals surface area contributed by atoms with Crippen molar-refractivity contribution in [1.82, 2.24) is 5.32 Å². The monoisotopic (exact) mass is 273 g/mol. The fourth-order valence-corrected chi connectivity index (χ4v) is 3.38. The molecule has 0 heterocycles. The van der Waals surface area contributed by atoms with Crippen LogP contribution in [0.15, 0.2) is 0 Å². The highest BCUT2D eigenvalue weighted by Gasteiger charge is 2.51. The Hall–Kier alpha value is -0.0500. The number of hydrogen-bond donors (Lipinski definition) is 1. The summed E-state index contributed by atoms with van der Waals surface area (Å²) in [4.78, 5) is 11.9. The molecule has 2 rings (SSSR count). The van der Waals surface area contributed by atoms with Gasteiger partial charge < -0.3 is 5.32 Å². The molecule has 0 aliphatic heterocycles. The first-order chi connectivity index (χ1) is 7.04. The molecule has 0 aromatic rings. The van der Waals surface area contributed by atoms with Crippen molar-refractivity contribution in [3.8, 4) is 0 Å². The molecule has 2 fully saturated rings. The van der Waals surface area contributed by atoms with Gasteiger partial charge in [-0.2, -0.15) is 0 Å². The number of nitrogens with one attached hydrogen (secondary N) is 1. The maximum absolute atomic E-state index is 11.9. The van der Waals surface area contributed by atoms with Crippen molar-refractivity contribution in [2.24, 2.45) is 17.3 Å². The predicted molar refractivity (Wildman–Crippen MR) is 65.0 cm³/mol. The van der Waals surface area contributed by atoms with Crippen LogP contribution in [0.3, 0.4) is 0 Å². The van der Waals surface area contributed by atoms with Crippen molar-refractivity contribution in [2.45, 2.75) is 45.6 Å². The van der Waals surface area contributed by atoms with E-state index in [9.17, 15) is 4.79 Å². The van der Waals surface area contributed by atoms with E-state index in [-0.39, 0.29) is 17.2 Å². The van der Waals surface area contributed by atoms with Crippen LogP contribution in [0.1, 0.15) is 39.5 Å². The molecule has 15 heavy (non-hydrogen) atoms. The molecule has 3 unspecified atom stereocenters. The van der Waals surface area contributed by atoms with Gasteiger partial charge in [0.1, 0.15) is 0 Å². The van der Waals surface area contributed by atoms with Crippen LogP contribution in [0.2, 0.25) is 0 Å². The molecule has 1 amide bonds. The van der Waals surface area contributed by atoms with Gasteiger partial charge in [-0.25, -0.2) is 0 Å². The van der Waals surface area contributed by atoms with Crippen LogP contribution in [0.4, 0.5) is 0 Å². The molecular weight excluding hydrogens is 254 g/mol. The Morgan fingerprint density at radius 2 is 2.13 bits per heavy atom. The van der Waals surface area contributed by atoms with E-state index >= 15 is 0 Å². The third-order valence-corrected chi connectivity index (χ3v) is 4.85. The fraction of sp³-hybridized carbons (Fsp3) is 0.917. The van der Waals surface area contributed by atoms with Crippen molar-refractivity contribution in [3.63, 3.8) is 0 Å². The Morgan fingerprint density at radius 1 is 1.47 bits per heavy atom. The summed E-state index contributed by atoms with van der Waals surface area (Å²) < 4.78 is 0. The second-order valence-electron chi connectivity index (χ2n) is 5.71. The minimum atomic E-state index is 0.257. The van der Waals surface area contributed by atoms with E-state index in [2.05, 4.69) is 35.1 Å². The van der Waals surface area contributed by atoms with E-state index in [1.165, 1.54) is 12.8 Å². The lowest BCUT2D eigenvalue weighted by atomic mass is 10.1. The van der Waals surface area contributed by atoms with Gasteiger partial charge in [-0.1, -0.05) is 36.2 Å². The van der Waals surface area contributed by atoms with Gasteiger partial charge in [0.25, 0.3) is 0 Å². The lowest BCUT2D eigenvalue weighted by Crippen LogP contribution is -2.39. The van der Waals surface area contributed by atoms with Gasteiger partial charge in [-0.05, 0) is 30.6 Å². The number of hydrogen-bond acceptors (Lipinski definition) is 1. The van der Waals surface area contributed by atoms with Crippen molar-refractivity contribution in [2.75, 3.05) is 5.33 Å². The first-order valence-electron chi connectivity index (χ1n) is 5.91. The van der Waals surface area contributed by atoms with Crippen LogP contribution in [-0.4, -0.2) is 17.3 Å². The first-order valence-corrected chi connectivity index (χ1v) is 7.03. The number of amides is 1. The molecule has 0 aromatic carbocycles. The van der Waals surface area contributed by atoms with Crippen molar-refractivity contribution >= 4 is 21.8 Å². The largest absolute Gasteiger partial charge is 0.353 e. The molecule has 0 spiro atoms. The smallest absolute Gasteiger partial charge is 0.223 e. The minimum absolute atomic E-state index is 0.257. The van der Waals surface area contributed by atoms with E-state index in [0.29, 0.717) is 12.0 Å². The van der Waals surface area contributed by atoms with Crippen molar-refractivity contribution in [1.29, 1.82) is 0 Å². The maximum Gasteiger partial charge on any atom is 0.223 e. The molecule has 0 radical (unpaired) electrons. The lowest BCUT2D eigenvalue weighted by Gasteiger charge is -2.19. The van der Waals surface area contributed by atoms with Gasteiger partial charge in [0.2, 0.25) is 5.91 Å². The Kier molecular flexibility index (Phi) is 3.11. The van der Waals surface area contributed by atoms with Crippen LogP contribution in [0.25, 0.3) is 0 Å². The highest BCUT2D eigenvalue weighted by Crippen LogP contribution is 2.51. The molecule has 2 saturated carbocycles. The topological polar surface area (TPSA) is 29.1 Å². The summed E-state index contributed by atoms with van der Waals surface area (Å²) in [5, 5.41) is 4.25. The lowest BCUT2D eigenvalue weighted by molar-refractivity contribution is -0.123.